The summed E-state index contributed by atoms with van der Waals surface area (Å²) in [5, 5.41) is 0. The number of aldehydes is 1. The van der Waals surface area contributed by atoms with Crippen LogP contribution in [0.5, 0.6) is 0 Å². The highest BCUT2D eigenvalue weighted by Gasteiger charge is 2.22. The Morgan fingerprint density at radius 3 is 2.90 bits per heavy atom. The number of aryl methyl sites for hydroxylation is 1. The third-order valence-corrected chi connectivity index (χ3v) is 3.17. The van der Waals surface area contributed by atoms with E-state index in [-0.39, 0.29) is 6.10 Å². The molecule has 2 heterocycles. The molecule has 6 heteroatoms. The highest BCUT2D eigenvalue weighted by atomic mass is 16.5. The first-order valence-electron chi connectivity index (χ1n) is 6.64. The molecule has 0 radical (unpaired) electrons. The predicted molar refractivity (Wildman–Crippen MR) is 72.4 cm³/mol. The summed E-state index contributed by atoms with van der Waals surface area (Å²) in [5.74, 6) is -0.0614. The van der Waals surface area contributed by atoms with E-state index in [0.717, 1.165) is 18.7 Å². The lowest BCUT2D eigenvalue weighted by molar-refractivity contribution is -0.137. The molecule has 0 aliphatic carbocycles. The quantitative estimate of drug-likeness (QED) is 0.446. The summed E-state index contributed by atoms with van der Waals surface area (Å²) in [7, 11) is 0. The van der Waals surface area contributed by atoms with Crippen LogP contribution in [0.2, 0.25) is 0 Å². The van der Waals surface area contributed by atoms with Crippen molar-refractivity contribution in [2.45, 2.75) is 32.9 Å². The summed E-state index contributed by atoms with van der Waals surface area (Å²) in [5.41, 5.74) is 1.43. The van der Waals surface area contributed by atoms with E-state index in [1.54, 1.807) is 24.5 Å². The monoisotopic (exact) mass is 278 g/mol. The molecule has 1 atom stereocenters. The Bertz CT molecular complexity index is 530. The van der Waals surface area contributed by atoms with Crippen molar-refractivity contribution in [3.8, 4) is 0 Å². The molecule has 6 nitrogen and oxygen atoms in total. The van der Waals surface area contributed by atoms with Gasteiger partial charge in [0, 0.05) is 12.7 Å². The molecule has 0 amide bonds. The predicted octanol–water partition coefficient (Wildman–Crippen LogP) is 1.37. The van der Waals surface area contributed by atoms with Gasteiger partial charge in [0.15, 0.2) is 12.1 Å². The van der Waals surface area contributed by atoms with E-state index >= 15 is 0 Å². The van der Waals surface area contributed by atoms with Gasteiger partial charge in [-0.2, -0.15) is 0 Å². The minimum Gasteiger partial charge on any atom is -0.463 e. The number of imidazole rings is 1. The van der Waals surface area contributed by atoms with Crippen LogP contribution in [0.3, 0.4) is 0 Å². The van der Waals surface area contributed by atoms with Crippen LogP contribution in [0.4, 0.5) is 0 Å². The summed E-state index contributed by atoms with van der Waals surface area (Å²) in [6, 6.07) is 0. The van der Waals surface area contributed by atoms with Gasteiger partial charge >= 0.3 is 5.97 Å². The van der Waals surface area contributed by atoms with Crippen molar-refractivity contribution in [1.29, 1.82) is 0 Å². The number of hydrogen-bond acceptors (Lipinski definition) is 5. The summed E-state index contributed by atoms with van der Waals surface area (Å²) in [6.07, 6.45) is 4.77. The fraction of sp³-hybridized carbons (Fsp3) is 0.500. The summed E-state index contributed by atoms with van der Waals surface area (Å²) in [4.78, 5) is 26.7. The van der Waals surface area contributed by atoms with Crippen molar-refractivity contribution >= 4 is 18.3 Å². The molecular formula is C14H18N2O4. The van der Waals surface area contributed by atoms with Crippen LogP contribution in [0.25, 0.3) is 6.08 Å². The largest absolute Gasteiger partial charge is 0.463 e. The Labute approximate surface area is 117 Å². The summed E-state index contributed by atoms with van der Waals surface area (Å²) < 4.78 is 12.0. The standard InChI is InChI=1S/C14H18N2O4/c1-3-19-14(18)5-4-12-10(2)15-13(9-17)16(12)8-11-6-7-20-11/h4-5,9,11H,3,6-8H2,1-2H3/b5-4+/t11-/m0/s1. The van der Waals surface area contributed by atoms with Crippen LogP contribution >= 0.6 is 0 Å². The minimum absolute atomic E-state index is 0.108. The Hall–Kier alpha value is -1.95. The van der Waals surface area contributed by atoms with Crippen molar-refractivity contribution in [2.24, 2.45) is 0 Å². The van der Waals surface area contributed by atoms with Gasteiger partial charge in [-0.15, -0.1) is 0 Å². The van der Waals surface area contributed by atoms with Crippen LogP contribution in [0, 0.1) is 6.92 Å². The van der Waals surface area contributed by atoms with Crippen LogP contribution < -0.4 is 0 Å². The lowest BCUT2D eigenvalue weighted by Gasteiger charge is -2.27. The summed E-state index contributed by atoms with van der Waals surface area (Å²) >= 11 is 0. The molecule has 1 aliphatic rings. The van der Waals surface area contributed by atoms with E-state index < -0.39 is 5.97 Å². The molecule has 1 fully saturated rings. The number of rotatable bonds is 6. The van der Waals surface area contributed by atoms with Crippen LogP contribution in [0.15, 0.2) is 6.08 Å². The molecule has 2 rings (SSSR count). The molecule has 0 spiro atoms. The second kappa shape index (κ2) is 6.47. The van der Waals surface area contributed by atoms with Gasteiger partial charge in [-0.1, -0.05) is 0 Å². The van der Waals surface area contributed by atoms with E-state index in [2.05, 4.69) is 4.98 Å². The van der Waals surface area contributed by atoms with Crippen LogP contribution in [0.1, 0.15) is 35.4 Å². The zero-order valence-electron chi connectivity index (χ0n) is 11.7. The summed E-state index contributed by atoms with van der Waals surface area (Å²) in [6.45, 7) is 5.20. The van der Waals surface area contributed by atoms with E-state index in [1.165, 1.54) is 6.08 Å². The smallest absolute Gasteiger partial charge is 0.330 e. The Kier molecular flexibility index (Phi) is 4.68. The number of nitrogens with zero attached hydrogens (tertiary/aromatic N) is 2. The van der Waals surface area contributed by atoms with E-state index in [4.69, 9.17) is 9.47 Å². The van der Waals surface area contributed by atoms with Gasteiger partial charge in [-0.3, -0.25) is 4.79 Å². The van der Waals surface area contributed by atoms with Gasteiger partial charge < -0.3 is 14.0 Å². The van der Waals surface area contributed by atoms with E-state index in [9.17, 15) is 9.59 Å². The van der Waals surface area contributed by atoms with Gasteiger partial charge in [-0.25, -0.2) is 9.78 Å². The maximum atomic E-state index is 11.4. The number of ether oxygens (including phenoxy) is 2. The van der Waals surface area contributed by atoms with Crippen LogP contribution in [-0.2, 0) is 20.8 Å². The second-order valence-corrected chi connectivity index (χ2v) is 4.54. The highest BCUT2D eigenvalue weighted by Crippen LogP contribution is 2.19. The molecule has 108 valence electrons. The number of carbonyl (C=O) groups excluding carboxylic acids is 2. The number of hydrogen-bond donors (Lipinski definition) is 0. The number of aromatic nitrogens is 2. The van der Waals surface area contributed by atoms with Gasteiger partial charge in [0.25, 0.3) is 0 Å². The molecule has 0 bridgehead atoms. The molecule has 1 aromatic rings. The number of esters is 1. The Balaban J connectivity index is 2.23. The Morgan fingerprint density at radius 1 is 1.60 bits per heavy atom. The van der Waals surface area contributed by atoms with Crippen molar-refractivity contribution in [3.63, 3.8) is 0 Å². The fourth-order valence-corrected chi connectivity index (χ4v) is 2.07. The normalized spacial score (nSPS) is 18.0. The van der Waals surface area contributed by atoms with Gasteiger partial charge in [0.2, 0.25) is 0 Å². The van der Waals surface area contributed by atoms with Crippen molar-refractivity contribution in [1.82, 2.24) is 9.55 Å². The first-order chi connectivity index (χ1) is 9.65. The lowest BCUT2D eigenvalue weighted by Crippen LogP contribution is -2.32. The molecule has 1 aromatic heterocycles. The average Bonchev–Trinajstić information content (AvgIpc) is 2.67. The van der Waals surface area contributed by atoms with Crippen LogP contribution in [-0.4, -0.2) is 41.1 Å². The topological polar surface area (TPSA) is 70.4 Å². The van der Waals surface area contributed by atoms with E-state index in [0.29, 0.717) is 31.0 Å². The highest BCUT2D eigenvalue weighted by molar-refractivity contribution is 5.87. The van der Waals surface area contributed by atoms with Crippen molar-refractivity contribution in [3.05, 3.63) is 23.3 Å². The zero-order valence-corrected chi connectivity index (χ0v) is 11.7. The second-order valence-electron chi connectivity index (χ2n) is 4.54. The fourth-order valence-electron chi connectivity index (χ4n) is 2.07. The Morgan fingerprint density at radius 2 is 2.35 bits per heavy atom. The first kappa shape index (κ1) is 14.5. The van der Waals surface area contributed by atoms with E-state index in [1.807, 2.05) is 0 Å². The van der Waals surface area contributed by atoms with Gasteiger partial charge in [0.05, 0.1) is 30.6 Å². The number of carbonyl (C=O) groups is 2. The lowest BCUT2D eigenvalue weighted by atomic mass is 10.2. The maximum absolute atomic E-state index is 11.4. The molecular weight excluding hydrogens is 260 g/mol. The molecule has 0 N–H and O–H groups in total. The SMILES string of the molecule is CCOC(=O)/C=C/c1c(C)nc(C=O)n1C[C@@H]1CCO1. The maximum Gasteiger partial charge on any atom is 0.330 e. The molecule has 0 aromatic carbocycles. The van der Waals surface area contributed by atoms with Crippen molar-refractivity contribution in [2.75, 3.05) is 13.2 Å². The van der Waals surface area contributed by atoms with Crippen molar-refractivity contribution < 1.29 is 19.1 Å². The molecule has 20 heavy (non-hydrogen) atoms. The third kappa shape index (κ3) is 3.14. The third-order valence-electron chi connectivity index (χ3n) is 3.17. The minimum atomic E-state index is -0.410. The molecule has 1 aliphatic heterocycles. The average molecular weight is 278 g/mol. The molecule has 0 unspecified atom stereocenters. The van der Waals surface area contributed by atoms with Gasteiger partial charge in [-0.05, 0) is 26.3 Å². The molecule has 0 saturated carbocycles. The molecule has 1 saturated heterocycles. The van der Waals surface area contributed by atoms with Gasteiger partial charge in [0.1, 0.15) is 0 Å². The zero-order chi connectivity index (χ0) is 14.5. The first-order valence-corrected chi connectivity index (χ1v) is 6.64.